The Hall–Kier alpha value is -3.65. The van der Waals surface area contributed by atoms with Gasteiger partial charge in [0.15, 0.2) is 22.3 Å². The lowest BCUT2D eigenvalue weighted by atomic mass is 10.1. The van der Waals surface area contributed by atoms with E-state index in [2.05, 4.69) is 30.3 Å². The summed E-state index contributed by atoms with van der Waals surface area (Å²) in [4.78, 5) is 14.9. The van der Waals surface area contributed by atoms with Crippen LogP contribution in [-0.2, 0) is 24.5 Å². The number of fused-ring (bicyclic) bond motifs is 2. The van der Waals surface area contributed by atoms with Crippen LogP contribution in [-0.4, -0.2) is 60.3 Å². The number of imidazole rings is 1. The normalized spacial score (nSPS) is 16.2. The van der Waals surface area contributed by atoms with E-state index in [9.17, 15) is 13.2 Å². The van der Waals surface area contributed by atoms with Crippen LogP contribution in [0.4, 0.5) is 24.8 Å². The van der Waals surface area contributed by atoms with E-state index in [0.29, 0.717) is 35.4 Å². The van der Waals surface area contributed by atoms with E-state index in [4.69, 9.17) is 32.7 Å². The van der Waals surface area contributed by atoms with Crippen LogP contribution in [0.5, 0.6) is 11.5 Å². The number of halogens is 5. The van der Waals surface area contributed by atoms with Gasteiger partial charge in [-0.1, -0.05) is 23.2 Å². The lowest BCUT2D eigenvalue weighted by Gasteiger charge is -2.18. The van der Waals surface area contributed by atoms with Crippen LogP contribution in [0.15, 0.2) is 43.0 Å². The van der Waals surface area contributed by atoms with Crippen LogP contribution in [0.1, 0.15) is 17.5 Å². The third kappa shape index (κ3) is 5.37. The molecule has 1 aromatic carbocycles. The predicted octanol–water partition coefficient (Wildman–Crippen LogP) is 6.09. The highest BCUT2D eigenvalue weighted by Crippen LogP contribution is 2.38. The molecular weight excluding hydrogens is 584 g/mol. The van der Waals surface area contributed by atoms with Crippen LogP contribution >= 0.6 is 23.2 Å². The molecule has 0 saturated carbocycles. The van der Waals surface area contributed by atoms with Gasteiger partial charge in [0.25, 0.3) is 0 Å². The summed E-state index contributed by atoms with van der Waals surface area (Å²) in [5, 5.41) is 7.60. The summed E-state index contributed by atoms with van der Waals surface area (Å²) in [6, 6.07) is 3.91. The Balaban J connectivity index is 1.31. The van der Waals surface area contributed by atoms with Crippen LogP contribution in [0.3, 0.4) is 0 Å². The average Bonchev–Trinajstić information content (AvgIpc) is 3.64. The Kier molecular flexibility index (Phi) is 7.14. The average molecular weight is 607 g/mol. The fourth-order valence-electron chi connectivity index (χ4n) is 4.91. The molecule has 5 heterocycles. The summed E-state index contributed by atoms with van der Waals surface area (Å²) in [5.74, 6) is 0.781. The van der Waals surface area contributed by atoms with Crippen molar-refractivity contribution in [2.45, 2.75) is 25.2 Å². The first-order valence-electron chi connectivity index (χ1n) is 12.5. The predicted molar refractivity (Wildman–Crippen MR) is 147 cm³/mol. The third-order valence-corrected chi connectivity index (χ3v) is 7.56. The van der Waals surface area contributed by atoms with Gasteiger partial charge in [-0.25, -0.2) is 14.5 Å². The van der Waals surface area contributed by atoms with Crippen molar-refractivity contribution in [3.05, 3.63) is 64.3 Å². The standard InChI is InChI=1S/C26H23Cl2F3N8O2/c1-37-22-20(27)18(41-19-11-34-39-6-4-32-23(28)21(19)39)10-33-24(22)36-25(37)35-16-8-14(7-15(9-16)26(29,30)31)12-38-5-3-17(13-38)40-2/h4,6-11,17H,3,5,12-13H2,1-2H3,(H,33,35,36)/t17-/m1/s1. The first kappa shape index (κ1) is 27.5. The number of pyridine rings is 1. The van der Waals surface area contributed by atoms with Crippen molar-refractivity contribution in [1.29, 1.82) is 0 Å². The molecule has 4 aromatic heterocycles. The fourth-order valence-corrected chi connectivity index (χ4v) is 5.44. The number of alkyl halides is 3. The van der Waals surface area contributed by atoms with Gasteiger partial charge >= 0.3 is 6.18 Å². The number of rotatable bonds is 7. The quantitative estimate of drug-likeness (QED) is 0.238. The number of aromatic nitrogens is 6. The lowest BCUT2D eigenvalue weighted by Crippen LogP contribution is -2.22. The molecule has 0 aliphatic carbocycles. The largest absolute Gasteiger partial charge is 0.450 e. The molecule has 1 atom stereocenters. The molecule has 0 bridgehead atoms. The Morgan fingerprint density at radius 1 is 1.10 bits per heavy atom. The smallest absolute Gasteiger partial charge is 0.416 e. The summed E-state index contributed by atoms with van der Waals surface area (Å²) in [7, 11) is 3.31. The Morgan fingerprint density at radius 2 is 1.93 bits per heavy atom. The zero-order valence-electron chi connectivity index (χ0n) is 21.8. The zero-order valence-corrected chi connectivity index (χ0v) is 23.3. The number of ether oxygens (including phenoxy) is 2. The molecule has 10 nitrogen and oxygen atoms in total. The van der Waals surface area contributed by atoms with Crippen molar-refractivity contribution in [3.8, 4) is 11.5 Å². The molecule has 214 valence electrons. The van der Waals surface area contributed by atoms with E-state index in [1.165, 1.54) is 29.2 Å². The number of benzene rings is 1. The highest BCUT2D eigenvalue weighted by molar-refractivity contribution is 6.36. The molecule has 0 amide bonds. The second-order valence-electron chi connectivity index (χ2n) is 9.65. The second-order valence-corrected chi connectivity index (χ2v) is 10.4. The zero-order chi connectivity index (χ0) is 28.9. The number of nitrogens with one attached hydrogen (secondary N) is 1. The van der Waals surface area contributed by atoms with E-state index in [-0.39, 0.29) is 39.3 Å². The van der Waals surface area contributed by atoms with E-state index in [0.717, 1.165) is 19.0 Å². The molecule has 5 aromatic rings. The highest BCUT2D eigenvalue weighted by atomic mass is 35.5. The first-order chi connectivity index (χ1) is 19.6. The summed E-state index contributed by atoms with van der Waals surface area (Å²) >= 11 is 12.9. The van der Waals surface area contributed by atoms with Crippen LogP contribution in [0.25, 0.3) is 16.7 Å². The van der Waals surface area contributed by atoms with Crippen molar-refractivity contribution in [3.63, 3.8) is 0 Å². The van der Waals surface area contributed by atoms with E-state index in [1.807, 2.05) is 0 Å². The number of likely N-dealkylation sites (tertiary alicyclic amines) is 1. The number of hydrogen-bond acceptors (Lipinski definition) is 8. The van der Waals surface area contributed by atoms with Crippen molar-refractivity contribution in [2.24, 2.45) is 7.05 Å². The van der Waals surface area contributed by atoms with Gasteiger partial charge in [0.2, 0.25) is 5.95 Å². The van der Waals surface area contributed by atoms with Gasteiger partial charge < -0.3 is 19.4 Å². The van der Waals surface area contributed by atoms with Crippen molar-refractivity contribution in [2.75, 3.05) is 25.5 Å². The molecule has 41 heavy (non-hydrogen) atoms. The van der Waals surface area contributed by atoms with Crippen LogP contribution < -0.4 is 10.1 Å². The number of nitrogens with zero attached hydrogens (tertiary/aromatic N) is 7. The summed E-state index contributed by atoms with van der Waals surface area (Å²) < 4.78 is 55.9. The molecule has 1 aliphatic rings. The second kappa shape index (κ2) is 10.6. The number of aryl methyl sites for hydroxylation is 1. The molecule has 1 N–H and O–H groups in total. The van der Waals surface area contributed by atoms with Gasteiger partial charge in [-0.15, -0.1) is 0 Å². The summed E-state index contributed by atoms with van der Waals surface area (Å²) in [5.41, 5.74) is 1.14. The maximum Gasteiger partial charge on any atom is 0.416 e. The molecule has 0 radical (unpaired) electrons. The van der Waals surface area contributed by atoms with Gasteiger partial charge in [-0.2, -0.15) is 23.3 Å². The monoisotopic (exact) mass is 606 g/mol. The van der Waals surface area contributed by atoms with Crippen molar-refractivity contribution >= 4 is 51.5 Å². The molecule has 6 rings (SSSR count). The molecule has 1 aliphatic heterocycles. The minimum Gasteiger partial charge on any atom is -0.450 e. The van der Waals surface area contributed by atoms with Gasteiger partial charge in [0.1, 0.15) is 16.1 Å². The number of methoxy groups -OCH3 is 1. The maximum atomic E-state index is 13.8. The van der Waals surface area contributed by atoms with Gasteiger partial charge in [0, 0.05) is 51.9 Å². The molecule has 1 saturated heterocycles. The molecule has 0 spiro atoms. The summed E-state index contributed by atoms with van der Waals surface area (Å²) in [6.07, 6.45) is 2.40. The minimum atomic E-state index is -4.52. The molecular formula is C26H23Cl2F3N8O2. The van der Waals surface area contributed by atoms with Crippen molar-refractivity contribution in [1.82, 2.24) is 34.0 Å². The SMILES string of the molecule is CO[C@@H]1CCN(Cc2cc(Nc3nc4ncc(Oc5cnn6ccnc(Cl)c56)c(Cl)c4n3C)cc(C(F)(F)F)c2)C1. The van der Waals surface area contributed by atoms with E-state index in [1.54, 1.807) is 31.0 Å². The van der Waals surface area contributed by atoms with E-state index < -0.39 is 11.7 Å². The van der Waals surface area contributed by atoms with Gasteiger partial charge in [-0.3, -0.25) is 4.90 Å². The Labute approximate surface area is 241 Å². The third-order valence-electron chi connectivity index (χ3n) is 6.92. The molecule has 1 fully saturated rings. The molecule has 15 heteroatoms. The highest BCUT2D eigenvalue weighted by Gasteiger charge is 2.32. The number of hydrogen-bond donors (Lipinski definition) is 1. The number of anilines is 2. The van der Waals surface area contributed by atoms with Crippen LogP contribution in [0, 0.1) is 0 Å². The van der Waals surface area contributed by atoms with Gasteiger partial charge in [0.05, 0.1) is 24.1 Å². The van der Waals surface area contributed by atoms with Crippen LogP contribution in [0.2, 0.25) is 10.2 Å². The maximum absolute atomic E-state index is 13.8. The van der Waals surface area contributed by atoms with Gasteiger partial charge in [-0.05, 0) is 30.2 Å². The Bertz CT molecular complexity index is 1760. The lowest BCUT2D eigenvalue weighted by molar-refractivity contribution is -0.137. The molecule has 0 unspecified atom stereocenters. The fraction of sp³-hybridized carbons (Fsp3) is 0.308. The Morgan fingerprint density at radius 3 is 2.68 bits per heavy atom. The minimum absolute atomic E-state index is 0.0750. The first-order valence-corrected chi connectivity index (χ1v) is 13.3. The summed E-state index contributed by atoms with van der Waals surface area (Å²) in [6.45, 7) is 1.76. The topological polar surface area (TPSA) is 94.6 Å². The van der Waals surface area contributed by atoms with E-state index >= 15 is 0 Å². The van der Waals surface area contributed by atoms with Crippen molar-refractivity contribution < 1.29 is 22.6 Å².